The highest BCUT2D eigenvalue weighted by Gasteiger charge is 2.21. The van der Waals surface area contributed by atoms with Crippen molar-refractivity contribution in [2.45, 2.75) is 13.8 Å². The number of hydrogen-bond donors (Lipinski definition) is 0. The average Bonchev–Trinajstić information content (AvgIpc) is 3.07. The number of rotatable bonds is 2. The van der Waals surface area contributed by atoms with E-state index in [0.717, 1.165) is 0 Å². The molecule has 0 fully saturated rings. The molecule has 2 aromatic carbocycles. The van der Waals surface area contributed by atoms with Crippen molar-refractivity contribution in [1.82, 2.24) is 0 Å². The van der Waals surface area contributed by atoms with E-state index >= 15 is 0 Å². The van der Waals surface area contributed by atoms with E-state index in [1.807, 2.05) is 0 Å². The zero-order valence-corrected chi connectivity index (χ0v) is 10.2. The highest BCUT2D eigenvalue weighted by Crippen LogP contribution is 2.42. The summed E-state index contributed by atoms with van der Waals surface area (Å²) in [5.74, 6) is 0. The molecule has 1 aliphatic carbocycles. The summed E-state index contributed by atoms with van der Waals surface area (Å²) in [5, 5.41) is 0. The van der Waals surface area contributed by atoms with Crippen LogP contribution in [0.1, 0.15) is 18.1 Å². The van der Waals surface area contributed by atoms with Crippen LogP contribution in [-0.2, 0) is 0 Å². The van der Waals surface area contributed by atoms with Gasteiger partial charge in [0, 0.05) is 6.42 Å². The average molecular weight is 219 g/mol. The van der Waals surface area contributed by atoms with Gasteiger partial charge < -0.3 is 0 Å². The Kier molecular flexibility index (Phi) is 2.36. The smallest absolute Gasteiger partial charge is 0.0164 e. The van der Waals surface area contributed by atoms with E-state index in [2.05, 4.69) is 68.8 Å². The molecule has 1 aliphatic rings. The van der Waals surface area contributed by atoms with Gasteiger partial charge in [-0.3, -0.25) is 0 Å². The minimum Gasteiger partial charge on any atom is -0.0620 e. The molecule has 2 aromatic rings. The summed E-state index contributed by atoms with van der Waals surface area (Å²) in [5.41, 5.74) is 8.19. The second-order valence-electron chi connectivity index (χ2n) is 4.60. The fourth-order valence-electron chi connectivity index (χ4n) is 2.30. The number of aryl methyl sites for hydroxylation is 1. The van der Waals surface area contributed by atoms with Crippen LogP contribution in [0.4, 0.5) is 0 Å². The number of allylic oxidation sites excluding steroid dienone is 2. The fraction of sp³-hybridized carbons (Fsp3) is 0.118. The van der Waals surface area contributed by atoms with E-state index < -0.39 is 0 Å². The highest BCUT2D eigenvalue weighted by atomic mass is 14.3. The Bertz CT molecular complexity index is 603. The fourth-order valence-corrected chi connectivity index (χ4v) is 2.30. The van der Waals surface area contributed by atoms with Gasteiger partial charge in [-0.1, -0.05) is 54.1 Å². The van der Waals surface area contributed by atoms with Crippen LogP contribution in [0, 0.1) is 13.3 Å². The van der Waals surface area contributed by atoms with Crippen molar-refractivity contribution in [1.29, 1.82) is 0 Å². The van der Waals surface area contributed by atoms with Crippen molar-refractivity contribution in [2.24, 2.45) is 0 Å². The molecule has 0 heteroatoms. The molecule has 0 amide bonds. The van der Waals surface area contributed by atoms with Crippen LogP contribution >= 0.6 is 0 Å². The molecule has 0 nitrogen and oxygen atoms in total. The first-order valence-electron chi connectivity index (χ1n) is 5.98. The molecule has 1 radical (unpaired) electrons. The largest absolute Gasteiger partial charge is 0.0620 e. The third kappa shape index (κ3) is 1.80. The predicted octanol–water partition coefficient (Wildman–Crippen LogP) is 4.65. The molecule has 0 saturated carbocycles. The molecule has 3 rings (SSSR count). The molecular formula is C17H15. The van der Waals surface area contributed by atoms with Crippen LogP contribution < -0.4 is 0 Å². The van der Waals surface area contributed by atoms with Gasteiger partial charge in [0.1, 0.15) is 0 Å². The van der Waals surface area contributed by atoms with Crippen molar-refractivity contribution < 1.29 is 0 Å². The van der Waals surface area contributed by atoms with Gasteiger partial charge in [-0.05, 0) is 41.7 Å². The zero-order valence-electron chi connectivity index (χ0n) is 10.2. The standard InChI is InChI=1S/C17H15/c1-12-7-3-4-8-14(12)15-9-5-6-10-16(15)17-11-13(17)2/h3-11H,1-2H3. The molecule has 0 unspecified atom stereocenters. The Morgan fingerprint density at radius 2 is 1.18 bits per heavy atom. The van der Waals surface area contributed by atoms with Gasteiger partial charge >= 0.3 is 0 Å². The lowest BCUT2D eigenvalue weighted by Gasteiger charge is -2.09. The number of benzene rings is 2. The minimum atomic E-state index is 1.33. The van der Waals surface area contributed by atoms with Crippen molar-refractivity contribution in [2.75, 3.05) is 0 Å². The summed E-state index contributed by atoms with van der Waals surface area (Å²) in [4.78, 5) is 0. The van der Waals surface area contributed by atoms with Gasteiger partial charge in [0.25, 0.3) is 0 Å². The normalized spacial score (nSPS) is 14.0. The Hall–Kier alpha value is -1.82. The Morgan fingerprint density at radius 1 is 0.647 bits per heavy atom. The van der Waals surface area contributed by atoms with Gasteiger partial charge in [-0.2, -0.15) is 0 Å². The second-order valence-corrected chi connectivity index (χ2v) is 4.60. The van der Waals surface area contributed by atoms with Crippen molar-refractivity contribution >= 4 is 5.57 Å². The van der Waals surface area contributed by atoms with Crippen LogP contribution in [0.5, 0.6) is 0 Å². The topological polar surface area (TPSA) is 0 Å². The maximum Gasteiger partial charge on any atom is 0.0164 e. The lowest BCUT2D eigenvalue weighted by Crippen LogP contribution is -1.86. The van der Waals surface area contributed by atoms with Gasteiger partial charge in [-0.25, -0.2) is 0 Å². The summed E-state index contributed by atoms with van der Waals surface area (Å²) in [6.45, 7) is 4.34. The molecule has 0 N–H and O–H groups in total. The molecule has 83 valence electrons. The van der Waals surface area contributed by atoms with Crippen molar-refractivity contribution in [3.8, 4) is 11.1 Å². The Morgan fingerprint density at radius 3 is 1.76 bits per heavy atom. The SMILES string of the molecule is CC1=C(c2ccccc2-c2ccccc2C)[CH]1. The molecule has 0 saturated heterocycles. The van der Waals surface area contributed by atoms with Crippen LogP contribution in [-0.4, -0.2) is 0 Å². The van der Waals surface area contributed by atoms with Gasteiger partial charge in [0.05, 0.1) is 0 Å². The molecule has 17 heavy (non-hydrogen) atoms. The predicted molar refractivity (Wildman–Crippen MR) is 73.5 cm³/mol. The van der Waals surface area contributed by atoms with E-state index in [4.69, 9.17) is 0 Å². The first-order chi connectivity index (χ1) is 8.27. The van der Waals surface area contributed by atoms with Crippen LogP contribution in [0.3, 0.4) is 0 Å². The maximum atomic E-state index is 2.25. The lowest BCUT2D eigenvalue weighted by molar-refractivity contribution is 1.45. The molecule has 0 heterocycles. The van der Waals surface area contributed by atoms with Gasteiger partial charge in [0.2, 0.25) is 0 Å². The third-order valence-corrected chi connectivity index (χ3v) is 3.35. The zero-order chi connectivity index (χ0) is 11.8. The van der Waals surface area contributed by atoms with E-state index in [9.17, 15) is 0 Å². The summed E-state index contributed by atoms with van der Waals surface area (Å²) >= 11 is 0. The Labute approximate surface area is 103 Å². The van der Waals surface area contributed by atoms with E-state index in [1.54, 1.807) is 0 Å². The van der Waals surface area contributed by atoms with E-state index in [1.165, 1.54) is 33.4 Å². The number of hydrogen-bond acceptors (Lipinski definition) is 0. The monoisotopic (exact) mass is 219 g/mol. The molecular weight excluding hydrogens is 204 g/mol. The summed E-state index contributed by atoms with van der Waals surface area (Å²) in [6, 6.07) is 17.2. The van der Waals surface area contributed by atoms with Crippen LogP contribution in [0.25, 0.3) is 16.7 Å². The van der Waals surface area contributed by atoms with E-state index in [-0.39, 0.29) is 0 Å². The summed E-state index contributed by atoms with van der Waals surface area (Å²) < 4.78 is 0. The Balaban J connectivity index is 2.19. The quantitative estimate of drug-likeness (QED) is 0.689. The molecule has 0 atom stereocenters. The molecule has 0 aromatic heterocycles. The highest BCUT2D eigenvalue weighted by molar-refractivity contribution is 5.97. The van der Waals surface area contributed by atoms with Gasteiger partial charge in [-0.15, -0.1) is 0 Å². The second kappa shape index (κ2) is 3.89. The van der Waals surface area contributed by atoms with Crippen LogP contribution in [0.2, 0.25) is 0 Å². The third-order valence-electron chi connectivity index (χ3n) is 3.35. The van der Waals surface area contributed by atoms with Gasteiger partial charge in [0.15, 0.2) is 0 Å². The van der Waals surface area contributed by atoms with Crippen LogP contribution in [0.15, 0.2) is 54.1 Å². The minimum absolute atomic E-state index is 1.33. The maximum absolute atomic E-state index is 2.25. The van der Waals surface area contributed by atoms with Crippen molar-refractivity contribution in [3.05, 3.63) is 71.7 Å². The van der Waals surface area contributed by atoms with E-state index in [0.29, 0.717) is 0 Å². The first-order valence-corrected chi connectivity index (χ1v) is 5.98. The van der Waals surface area contributed by atoms with Crippen molar-refractivity contribution in [3.63, 3.8) is 0 Å². The summed E-state index contributed by atoms with van der Waals surface area (Å²) in [7, 11) is 0. The molecule has 0 aliphatic heterocycles. The molecule has 0 bridgehead atoms. The lowest BCUT2D eigenvalue weighted by atomic mass is 9.95. The first kappa shape index (κ1) is 10.3. The summed E-state index contributed by atoms with van der Waals surface area (Å²) in [6.07, 6.45) is 2.25. The molecule has 0 spiro atoms.